The van der Waals surface area contributed by atoms with E-state index in [0.29, 0.717) is 4.83 Å². The summed E-state index contributed by atoms with van der Waals surface area (Å²) in [6.45, 7) is 4.50. The van der Waals surface area contributed by atoms with Crippen LogP contribution in [0.15, 0.2) is 21.1 Å². The maximum absolute atomic E-state index is 3.91. The minimum Gasteiger partial charge on any atom is -0.0835 e. The van der Waals surface area contributed by atoms with Gasteiger partial charge in [0.15, 0.2) is 0 Å². The van der Waals surface area contributed by atoms with Gasteiger partial charge < -0.3 is 0 Å². The van der Waals surface area contributed by atoms with Crippen molar-refractivity contribution in [1.82, 2.24) is 0 Å². The summed E-state index contributed by atoms with van der Waals surface area (Å²) in [7, 11) is 0. The molecule has 0 aliphatic heterocycles. The Labute approximate surface area is 129 Å². The van der Waals surface area contributed by atoms with E-state index in [1.165, 1.54) is 39.3 Å². The van der Waals surface area contributed by atoms with Crippen LogP contribution in [0.5, 0.6) is 0 Å². The summed E-state index contributed by atoms with van der Waals surface area (Å²) in [5.74, 6) is 1.59. The first-order valence-corrected chi connectivity index (χ1v) is 8.60. The van der Waals surface area contributed by atoms with Crippen molar-refractivity contribution in [2.24, 2.45) is 11.8 Å². The van der Waals surface area contributed by atoms with E-state index in [2.05, 4.69) is 73.8 Å². The van der Waals surface area contributed by atoms with Gasteiger partial charge in [-0.1, -0.05) is 67.6 Å². The molecule has 0 heterocycles. The molecule has 0 amide bonds. The monoisotopic (exact) mass is 422 g/mol. The standard InChI is InChI=1S/C14H17Br3/c1-8-4-3-5-10(8)14(17)11-7-12(15)9(2)6-13(11)16/h6-8,10,14H,3-5H2,1-2H3. The smallest absolute Gasteiger partial charge is 0.0437 e. The summed E-state index contributed by atoms with van der Waals surface area (Å²) in [4.78, 5) is 0.464. The van der Waals surface area contributed by atoms with Gasteiger partial charge in [0.2, 0.25) is 0 Å². The van der Waals surface area contributed by atoms with Crippen LogP contribution in [-0.4, -0.2) is 0 Å². The lowest BCUT2D eigenvalue weighted by Crippen LogP contribution is -2.11. The van der Waals surface area contributed by atoms with Crippen molar-refractivity contribution in [3.63, 3.8) is 0 Å². The zero-order chi connectivity index (χ0) is 12.6. The highest BCUT2D eigenvalue weighted by Crippen LogP contribution is 2.47. The summed E-state index contributed by atoms with van der Waals surface area (Å²) in [5.41, 5.74) is 2.65. The molecule has 0 nitrogen and oxygen atoms in total. The fourth-order valence-electron chi connectivity index (χ4n) is 2.71. The van der Waals surface area contributed by atoms with Crippen LogP contribution in [0.4, 0.5) is 0 Å². The van der Waals surface area contributed by atoms with Crippen LogP contribution >= 0.6 is 47.8 Å². The number of hydrogen-bond acceptors (Lipinski definition) is 0. The lowest BCUT2D eigenvalue weighted by atomic mass is 9.90. The van der Waals surface area contributed by atoms with Crippen molar-refractivity contribution in [3.8, 4) is 0 Å². The van der Waals surface area contributed by atoms with Gasteiger partial charge >= 0.3 is 0 Å². The quantitative estimate of drug-likeness (QED) is 0.482. The Morgan fingerprint density at radius 3 is 2.47 bits per heavy atom. The summed E-state index contributed by atoms with van der Waals surface area (Å²) in [6.07, 6.45) is 4.09. The number of alkyl halides is 1. The van der Waals surface area contributed by atoms with E-state index in [9.17, 15) is 0 Å². The van der Waals surface area contributed by atoms with E-state index >= 15 is 0 Å². The Morgan fingerprint density at radius 2 is 1.88 bits per heavy atom. The molecule has 0 radical (unpaired) electrons. The molecular formula is C14H17Br3. The van der Waals surface area contributed by atoms with Gasteiger partial charge in [-0.05, 0) is 48.4 Å². The molecule has 3 unspecified atom stereocenters. The van der Waals surface area contributed by atoms with E-state index in [1.807, 2.05) is 0 Å². The molecule has 0 saturated heterocycles. The Kier molecular flexibility index (Phi) is 4.76. The Morgan fingerprint density at radius 1 is 1.18 bits per heavy atom. The van der Waals surface area contributed by atoms with Gasteiger partial charge in [-0.3, -0.25) is 0 Å². The topological polar surface area (TPSA) is 0 Å². The maximum atomic E-state index is 3.91. The van der Waals surface area contributed by atoms with Gasteiger partial charge in [-0.25, -0.2) is 0 Å². The molecule has 3 heteroatoms. The van der Waals surface area contributed by atoms with Gasteiger partial charge in [0, 0.05) is 13.8 Å². The Balaban J connectivity index is 2.30. The lowest BCUT2D eigenvalue weighted by Gasteiger charge is -2.23. The first-order valence-electron chi connectivity index (χ1n) is 6.10. The van der Waals surface area contributed by atoms with Crippen molar-refractivity contribution < 1.29 is 0 Å². The molecule has 1 saturated carbocycles. The molecule has 0 N–H and O–H groups in total. The van der Waals surface area contributed by atoms with Crippen LogP contribution in [0.1, 0.15) is 42.1 Å². The largest absolute Gasteiger partial charge is 0.0835 e. The molecule has 94 valence electrons. The first kappa shape index (κ1) is 14.1. The van der Waals surface area contributed by atoms with Crippen molar-refractivity contribution in [1.29, 1.82) is 0 Å². The lowest BCUT2D eigenvalue weighted by molar-refractivity contribution is 0.413. The van der Waals surface area contributed by atoms with Crippen molar-refractivity contribution in [2.75, 3.05) is 0 Å². The van der Waals surface area contributed by atoms with Crippen LogP contribution < -0.4 is 0 Å². The predicted molar refractivity (Wildman–Crippen MR) is 84.8 cm³/mol. The number of rotatable bonds is 2. The molecule has 1 aliphatic carbocycles. The average molecular weight is 425 g/mol. The van der Waals surface area contributed by atoms with Gasteiger partial charge in [-0.15, -0.1) is 0 Å². The average Bonchev–Trinajstić information content (AvgIpc) is 2.69. The zero-order valence-corrected chi connectivity index (χ0v) is 14.9. The van der Waals surface area contributed by atoms with Crippen LogP contribution in [0.2, 0.25) is 0 Å². The van der Waals surface area contributed by atoms with Gasteiger partial charge in [0.05, 0.1) is 0 Å². The second-order valence-corrected chi connectivity index (χ2v) is 7.79. The third-order valence-electron chi connectivity index (χ3n) is 3.88. The predicted octanol–water partition coefficient (Wildman–Crippen LogP) is 6.39. The Hall–Kier alpha value is 0.660. The normalized spacial score (nSPS) is 26.2. The molecule has 0 bridgehead atoms. The van der Waals surface area contributed by atoms with Crippen molar-refractivity contribution >= 4 is 47.8 Å². The summed E-state index contributed by atoms with van der Waals surface area (Å²) in [6, 6.07) is 4.46. The van der Waals surface area contributed by atoms with Crippen molar-refractivity contribution in [3.05, 3.63) is 32.2 Å². The van der Waals surface area contributed by atoms with E-state index in [4.69, 9.17) is 0 Å². The molecule has 0 aromatic heterocycles. The van der Waals surface area contributed by atoms with Gasteiger partial charge in [-0.2, -0.15) is 0 Å². The molecule has 3 atom stereocenters. The van der Waals surface area contributed by atoms with E-state index in [1.54, 1.807) is 0 Å². The fraction of sp³-hybridized carbons (Fsp3) is 0.571. The minimum atomic E-state index is 0.464. The van der Waals surface area contributed by atoms with Crippen LogP contribution in [0.3, 0.4) is 0 Å². The van der Waals surface area contributed by atoms with Crippen LogP contribution in [-0.2, 0) is 0 Å². The summed E-state index contributed by atoms with van der Waals surface area (Å²) in [5, 5.41) is 0. The number of benzene rings is 1. The maximum Gasteiger partial charge on any atom is 0.0437 e. The SMILES string of the molecule is Cc1cc(Br)c(C(Br)C2CCCC2C)cc1Br. The highest BCUT2D eigenvalue weighted by molar-refractivity contribution is 9.11. The van der Waals surface area contributed by atoms with Crippen LogP contribution in [0, 0.1) is 18.8 Å². The van der Waals surface area contributed by atoms with Gasteiger partial charge in [0.1, 0.15) is 0 Å². The summed E-state index contributed by atoms with van der Waals surface area (Å²) < 4.78 is 2.42. The zero-order valence-electron chi connectivity index (χ0n) is 10.1. The minimum absolute atomic E-state index is 0.464. The van der Waals surface area contributed by atoms with Crippen LogP contribution in [0.25, 0.3) is 0 Å². The van der Waals surface area contributed by atoms with E-state index < -0.39 is 0 Å². The molecular weight excluding hydrogens is 408 g/mol. The van der Waals surface area contributed by atoms with Gasteiger partial charge in [0.25, 0.3) is 0 Å². The highest BCUT2D eigenvalue weighted by Gasteiger charge is 2.31. The molecule has 1 aliphatic rings. The molecule has 1 aromatic carbocycles. The first-order chi connectivity index (χ1) is 8.00. The molecule has 0 spiro atoms. The fourth-order valence-corrected chi connectivity index (χ4v) is 5.25. The number of hydrogen-bond donors (Lipinski definition) is 0. The third-order valence-corrected chi connectivity index (χ3v) is 6.59. The number of aryl methyl sites for hydroxylation is 1. The molecule has 2 rings (SSSR count). The summed E-state index contributed by atoms with van der Waals surface area (Å²) >= 11 is 11.2. The molecule has 1 aromatic rings. The second kappa shape index (κ2) is 5.75. The van der Waals surface area contributed by atoms with Crippen molar-refractivity contribution in [2.45, 2.75) is 37.9 Å². The molecule has 17 heavy (non-hydrogen) atoms. The second-order valence-electron chi connectivity index (χ2n) is 5.10. The van der Waals surface area contributed by atoms with E-state index in [0.717, 1.165) is 11.8 Å². The van der Waals surface area contributed by atoms with E-state index in [-0.39, 0.29) is 0 Å². The Bertz CT molecular complexity index is 414. The number of halogens is 3. The highest BCUT2D eigenvalue weighted by atomic mass is 79.9. The molecule has 1 fully saturated rings. The third kappa shape index (κ3) is 2.98.